The molecular formula is C22H42ClNO4. The quantitative estimate of drug-likeness (QED) is 0.0514. The lowest BCUT2D eigenvalue weighted by molar-refractivity contribution is -0.545. The second-order valence-corrected chi connectivity index (χ2v) is 8.59. The molecule has 6 heteroatoms. The molecule has 1 atom stereocenters. The van der Waals surface area contributed by atoms with Crippen molar-refractivity contribution in [1.82, 2.24) is 0 Å². The van der Waals surface area contributed by atoms with Gasteiger partial charge in [-0.2, -0.15) is 0 Å². The predicted octanol–water partition coefficient (Wildman–Crippen LogP) is 7.41. The first-order valence-corrected chi connectivity index (χ1v) is 11.8. The zero-order chi connectivity index (χ0) is 21.1. The van der Waals surface area contributed by atoms with Crippen LogP contribution in [0.25, 0.3) is 0 Å². The van der Waals surface area contributed by atoms with Crippen LogP contribution in [-0.2, 0) is 9.53 Å². The number of esters is 1. The van der Waals surface area contributed by atoms with Crippen molar-refractivity contribution in [1.29, 1.82) is 0 Å². The van der Waals surface area contributed by atoms with Crippen molar-refractivity contribution < 1.29 is 14.5 Å². The Morgan fingerprint density at radius 3 is 1.57 bits per heavy atom. The van der Waals surface area contributed by atoms with E-state index in [4.69, 9.17) is 16.3 Å². The third kappa shape index (κ3) is 15.1. The average molecular weight is 420 g/mol. The number of nitro groups is 1. The van der Waals surface area contributed by atoms with E-state index in [0.717, 1.165) is 19.3 Å². The number of hydrogen-bond acceptors (Lipinski definition) is 4. The molecule has 0 aliphatic carbocycles. The highest BCUT2D eigenvalue weighted by Crippen LogP contribution is 2.21. The van der Waals surface area contributed by atoms with Crippen LogP contribution in [0.4, 0.5) is 0 Å². The summed E-state index contributed by atoms with van der Waals surface area (Å²) < 4.78 is 4.97. The average Bonchev–Trinajstić information content (AvgIpc) is 2.68. The van der Waals surface area contributed by atoms with E-state index in [1.54, 1.807) is 6.92 Å². The maximum atomic E-state index is 11.7. The molecule has 0 saturated heterocycles. The lowest BCUT2D eigenvalue weighted by atomic mass is 10.0. The second kappa shape index (κ2) is 18.2. The Kier molecular flexibility index (Phi) is 17.7. The standard InChI is InChI=1S/C22H42ClNO4/c1-3-5-6-7-8-9-10-11-12-13-14-15-16-17-18-19-21(25)28-20-22(23,4-2)24(26)27/h3-20H2,1-2H3. The molecule has 0 fully saturated rings. The molecule has 0 aromatic rings. The molecule has 28 heavy (non-hydrogen) atoms. The summed E-state index contributed by atoms with van der Waals surface area (Å²) in [6, 6.07) is 0. The van der Waals surface area contributed by atoms with Gasteiger partial charge in [-0.25, -0.2) is 0 Å². The molecule has 1 unspecified atom stereocenters. The van der Waals surface area contributed by atoms with Gasteiger partial charge in [0.1, 0.15) is 0 Å². The topological polar surface area (TPSA) is 69.4 Å². The molecule has 166 valence electrons. The molecule has 0 bridgehead atoms. The molecule has 0 aromatic heterocycles. The summed E-state index contributed by atoms with van der Waals surface area (Å²) in [5, 5.41) is 10.9. The fourth-order valence-corrected chi connectivity index (χ4v) is 3.24. The smallest absolute Gasteiger partial charge is 0.328 e. The van der Waals surface area contributed by atoms with Crippen LogP contribution in [0, 0.1) is 10.1 Å². The fourth-order valence-electron chi connectivity index (χ4n) is 3.19. The van der Waals surface area contributed by atoms with Crippen LogP contribution >= 0.6 is 11.6 Å². The maximum absolute atomic E-state index is 11.7. The van der Waals surface area contributed by atoms with Crippen molar-refractivity contribution in [2.45, 2.75) is 128 Å². The Morgan fingerprint density at radius 2 is 1.21 bits per heavy atom. The van der Waals surface area contributed by atoms with E-state index < -0.39 is 15.9 Å². The summed E-state index contributed by atoms with van der Waals surface area (Å²) in [6.07, 6.45) is 19.5. The number of ether oxygens (including phenoxy) is 1. The van der Waals surface area contributed by atoms with E-state index in [2.05, 4.69) is 6.92 Å². The van der Waals surface area contributed by atoms with E-state index in [-0.39, 0.29) is 13.0 Å². The normalized spacial score (nSPS) is 13.2. The minimum atomic E-state index is -1.69. The van der Waals surface area contributed by atoms with E-state index >= 15 is 0 Å². The summed E-state index contributed by atoms with van der Waals surface area (Å²) >= 11 is 5.82. The molecule has 0 heterocycles. The van der Waals surface area contributed by atoms with Gasteiger partial charge in [0.2, 0.25) is 0 Å². The molecule has 0 amide bonds. The number of rotatable bonds is 20. The number of halogens is 1. The van der Waals surface area contributed by atoms with Crippen molar-refractivity contribution in [2.24, 2.45) is 0 Å². The summed E-state index contributed by atoms with van der Waals surface area (Å²) in [6.45, 7) is 3.50. The SMILES string of the molecule is CCCCCCCCCCCCCCCCCC(=O)OCC(Cl)(CC)[N+](=O)[O-]. The largest absolute Gasteiger partial charge is 0.457 e. The first kappa shape index (κ1) is 27.2. The summed E-state index contributed by atoms with van der Waals surface area (Å²) in [4.78, 5) is 20.2. The van der Waals surface area contributed by atoms with Crippen molar-refractivity contribution >= 4 is 17.6 Å². The minimum Gasteiger partial charge on any atom is -0.457 e. The van der Waals surface area contributed by atoms with Gasteiger partial charge in [0.15, 0.2) is 6.61 Å². The van der Waals surface area contributed by atoms with Gasteiger partial charge in [-0.15, -0.1) is 0 Å². The number of carbonyl (C=O) groups is 1. The van der Waals surface area contributed by atoms with Gasteiger partial charge >= 0.3 is 11.0 Å². The first-order chi connectivity index (χ1) is 13.5. The fraction of sp³-hybridized carbons (Fsp3) is 0.955. The third-order valence-electron chi connectivity index (χ3n) is 5.31. The molecule has 0 radical (unpaired) electrons. The van der Waals surface area contributed by atoms with Gasteiger partial charge in [-0.3, -0.25) is 14.9 Å². The van der Waals surface area contributed by atoms with Crippen LogP contribution in [0.1, 0.15) is 123 Å². The molecule has 5 nitrogen and oxygen atoms in total. The van der Waals surface area contributed by atoms with Gasteiger partial charge < -0.3 is 4.74 Å². The molecule has 0 aliphatic heterocycles. The Balaban J connectivity index is 3.37. The minimum absolute atomic E-state index is 0.119. The Bertz CT molecular complexity index is 406. The lowest BCUT2D eigenvalue weighted by Crippen LogP contribution is -2.37. The van der Waals surface area contributed by atoms with E-state index in [1.165, 1.54) is 77.0 Å². The van der Waals surface area contributed by atoms with E-state index in [1.807, 2.05) is 0 Å². The van der Waals surface area contributed by atoms with Crippen LogP contribution in [0.2, 0.25) is 0 Å². The Labute approximate surface area is 177 Å². The van der Waals surface area contributed by atoms with Crippen molar-refractivity contribution in [3.8, 4) is 0 Å². The molecule has 0 aliphatic rings. The van der Waals surface area contributed by atoms with E-state index in [0.29, 0.717) is 6.42 Å². The van der Waals surface area contributed by atoms with Crippen LogP contribution < -0.4 is 0 Å². The summed E-state index contributed by atoms with van der Waals surface area (Å²) in [7, 11) is 0. The monoisotopic (exact) mass is 419 g/mol. The Morgan fingerprint density at radius 1 is 0.821 bits per heavy atom. The molecule has 0 saturated carbocycles. The second-order valence-electron chi connectivity index (χ2n) is 7.89. The van der Waals surface area contributed by atoms with Gasteiger partial charge in [-0.05, 0) is 18.0 Å². The Hall–Kier alpha value is -0.840. The number of unbranched alkanes of at least 4 members (excludes halogenated alkanes) is 14. The van der Waals surface area contributed by atoms with Crippen LogP contribution in [0.3, 0.4) is 0 Å². The van der Waals surface area contributed by atoms with Crippen LogP contribution in [-0.4, -0.2) is 22.5 Å². The predicted molar refractivity (Wildman–Crippen MR) is 116 cm³/mol. The van der Waals surface area contributed by atoms with Crippen molar-refractivity contribution in [3.63, 3.8) is 0 Å². The van der Waals surface area contributed by atoms with Gasteiger partial charge in [0.05, 0.1) is 0 Å². The molecule has 0 N–H and O–H groups in total. The summed E-state index contributed by atoms with van der Waals surface area (Å²) in [5.74, 6) is -0.394. The maximum Gasteiger partial charge on any atom is 0.328 e. The summed E-state index contributed by atoms with van der Waals surface area (Å²) in [5.41, 5.74) is 0. The number of nitrogens with zero attached hydrogens (tertiary/aromatic N) is 1. The van der Waals surface area contributed by atoms with Crippen LogP contribution in [0.15, 0.2) is 0 Å². The number of carbonyl (C=O) groups excluding carboxylic acids is 1. The highest BCUT2D eigenvalue weighted by molar-refractivity contribution is 6.22. The molecule has 0 aromatic carbocycles. The molecule has 0 spiro atoms. The van der Waals surface area contributed by atoms with Gasteiger partial charge in [0.25, 0.3) is 0 Å². The molecular weight excluding hydrogens is 378 g/mol. The van der Waals surface area contributed by atoms with E-state index in [9.17, 15) is 14.9 Å². The van der Waals surface area contributed by atoms with Crippen LogP contribution in [0.5, 0.6) is 0 Å². The van der Waals surface area contributed by atoms with Crippen molar-refractivity contribution in [3.05, 3.63) is 10.1 Å². The highest BCUT2D eigenvalue weighted by Gasteiger charge is 2.40. The third-order valence-corrected chi connectivity index (χ3v) is 5.82. The zero-order valence-corrected chi connectivity index (χ0v) is 18.9. The number of hydrogen-bond donors (Lipinski definition) is 0. The van der Waals surface area contributed by atoms with Gasteiger partial charge in [0, 0.05) is 17.8 Å². The highest BCUT2D eigenvalue weighted by atomic mass is 35.5. The zero-order valence-electron chi connectivity index (χ0n) is 18.2. The molecule has 0 rings (SSSR count). The first-order valence-electron chi connectivity index (χ1n) is 11.4. The lowest BCUT2D eigenvalue weighted by Gasteiger charge is -2.16. The van der Waals surface area contributed by atoms with Gasteiger partial charge in [-0.1, -0.05) is 104 Å². The number of alkyl halides is 1. The van der Waals surface area contributed by atoms with Crippen molar-refractivity contribution in [2.75, 3.05) is 6.61 Å².